The van der Waals surface area contributed by atoms with E-state index < -0.39 is 32.3 Å². The van der Waals surface area contributed by atoms with E-state index in [9.17, 15) is 0 Å². The van der Waals surface area contributed by atoms with E-state index in [2.05, 4.69) is 79.7 Å². The van der Waals surface area contributed by atoms with Crippen LogP contribution in [0, 0.1) is 44.6 Å². The Hall–Kier alpha value is 2.17. The summed E-state index contributed by atoms with van der Waals surface area (Å²) in [7, 11) is -3.46. The van der Waals surface area contributed by atoms with Crippen LogP contribution >= 0.6 is 0 Å². The second-order valence-electron chi connectivity index (χ2n) is 21.2. The molecular weight excluding hydrogens is 880 g/mol. The molecular formula is C50H108Fe3Si4. The van der Waals surface area contributed by atoms with E-state index in [1.807, 2.05) is 0 Å². The summed E-state index contributed by atoms with van der Waals surface area (Å²) in [5.74, 6) is 0. The van der Waals surface area contributed by atoms with E-state index in [4.69, 9.17) is 0 Å². The molecule has 0 bridgehead atoms. The number of rotatable bonds is 7. The zero-order valence-corrected chi connectivity index (χ0v) is 49.8. The van der Waals surface area contributed by atoms with Crippen LogP contribution in [0.2, 0.25) is 92.2 Å². The van der Waals surface area contributed by atoms with Gasteiger partial charge in [0.2, 0.25) is 0 Å². The van der Waals surface area contributed by atoms with Crippen molar-refractivity contribution < 1.29 is 51.2 Å². The Morgan fingerprint density at radius 2 is 0.474 bits per heavy atom. The summed E-state index contributed by atoms with van der Waals surface area (Å²) >= 11 is 0. The molecule has 0 heterocycles. The van der Waals surface area contributed by atoms with Gasteiger partial charge in [-0.25, -0.2) is 0 Å². The van der Waals surface area contributed by atoms with Gasteiger partial charge in [-0.15, -0.1) is 0 Å². The van der Waals surface area contributed by atoms with Crippen molar-refractivity contribution in [1.82, 2.24) is 0 Å². The minimum Gasteiger partial charge on any atom is -0.358 e. The summed E-state index contributed by atoms with van der Waals surface area (Å²) in [6.45, 7) is 30.3. The zero-order valence-electron chi connectivity index (χ0n) is 42.5. The molecule has 0 aromatic heterocycles. The third kappa shape index (κ3) is 22.6. The number of hydrogen-bond donors (Lipinski definition) is 0. The van der Waals surface area contributed by atoms with Gasteiger partial charge < -0.3 is 44.6 Å². The molecule has 6 rings (SSSR count). The van der Waals surface area contributed by atoms with Crippen LogP contribution in [0.4, 0.5) is 0 Å². The maximum Gasteiger partial charge on any atom is 2.00 e. The molecule has 7 heteroatoms. The summed E-state index contributed by atoms with van der Waals surface area (Å²) in [4.78, 5) is 0. The maximum atomic E-state index is 2.68. The largest absolute Gasteiger partial charge is 2.00 e. The van der Waals surface area contributed by atoms with E-state index in [0.29, 0.717) is 0 Å². The monoisotopic (exact) mass is 989 g/mol. The minimum atomic E-state index is -1.06. The van der Waals surface area contributed by atoms with Gasteiger partial charge in [0.15, 0.2) is 0 Å². The van der Waals surface area contributed by atoms with Crippen LogP contribution < -0.4 is 0 Å². The fourth-order valence-corrected chi connectivity index (χ4v) is 26.5. The third-order valence-electron chi connectivity index (χ3n) is 16.3. The van der Waals surface area contributed by atoms with E-state index in [0.717, 1.165) is 11.1 Å². The third-order valence-corrected chi connectivity index (χ3v) is 35.1. The molecule has 0 aromatic carbocycles. The van der Waals surface area contributed by atoms with E-state index in [1.165, 1.54) is 125 Å². The Morgan fingerprint density at radius 1 is 0.298 bits per heavy atom. The van der Waals surface area contributed by atoms with Crippen molar-refractivity contribution in [2.24, 2.45) is 0 Å². The molecule has 0 aliphatic heterocycles. The van der Waals surface area contributed by atoms with Crippen molar-refractivity contribution in [2.45, 2.75) is 267 Å². The molecule has 6 aliphatic rings. The smallest absolute Gasteiger partial charge is 0.358 e. The normalized spacial score (nSPS) is 20.4. The fourth-order valence-electron chi connectivity index (χ4n) is 11.7. The Morgan fingerprint density at radius 3 is 0.632 bits per heavy atom. The summed E-state index contributed by atoms with van der Waals surface area (Å²) in [6, 6.07) is 0. The molecule has 6 aliphatic carbocycles. The van der Waals surface area contributed by atoms with Gasteiger partial charge in [0.1, 0.15) is 0 Å². The van der Waals surface area contributed by atoms with Gasteiger partial charge in [-0.1, -0.05) is 224 Å². The Labute approximate surface area is 402 Å². The van der Waals surface area contributed by atoms with Crippen molar-refractivity contribution in [3.05, 3.63) is 55.3 Å². The predicted molar refractivity (Wildman–Crippen MR) is 272 cm³/mol. The topological polar surface area (TPSA) is 0 Å². The summed E-state index contributed by atoms with van der Waals surface area (Å²) < 4.78 is 0. The van der Waals surface area contributed by atoms with Crippen molar-refractivity contribution in [3.8, 4) is 0 Å². The maximum absolute atomic E-state index is 2.68. The van der Waals surface area contributed by atoms with Crippen molar-refractivity contribution in [3.63, 3.8) is 0 Å². The Kier molecular flexibility index (Phi) is 44.6. The molecule has 0 spiro atoms. The average molecular weight is 989 g/mol. The first-order valence-corrected chi connectivity index (χ1v) is 35.1. The van der Waals surface area contributed by atoms with E-state index >= 15 is 0 Å². The van der Waals surface area contributed by atoms with Crippen LogP contribution in [-0.4, -0.2) is 32.3 Å². The average Bonchev–Trinajstić information content (AvgIpc) is 3.91. The van der Waals surface area contributed by atoms with Crippen LogP contribution in [0.3, 0.4) is 0 Å². The van der Waals surface area contributed by atoms with Gasteiger partial charge in [0.05, 0.1) is 24.2 Å². The van der Waals surface area contributed by atoms with Crippen LogP contribution in [0.25, 0.3) is 0 Å². The van der Waals surface area contributed by atoms with Crippen molar-refractivity contribution >= 4 is 32.3 Å². The first-order chi connectivity index (χ1) is 22.5. The Balaban J connectivity index is -0.000000112. The Bertz CT molecular complexity index is 857. The standard InChI is InChI=1S/3C12H24Si.C8H18Si.6CH3.3Fe/c2*1-13(2,11-7-3-4-8-11)12-9-5-6-10-12;1-10(2)11(3)13(4,5)12-8-6-7-9-12;1-9(2,3)8-6-4-5-7-8;;;;;;;;;/h2*11-12H,3-10H2,1-2H3;12H,6-9H2,1-5H3;8H,4-7H2,1-3H3;6*1H3;;;/q;;;;6*-1;3*+2. The van der Waals surface area contributed by atoms with Gasteiger partial charge >= 0.3 is 51.2 Å². The second-order valence-corrected chi connectivity index (χ2v) is 42.4. The van der Waals surface area contributed by atoms with Crippen molar-refractivity contribution in [2.75, 3.05) is 0 Å². The molecule has 6 fully saturated rings. The van der Waals surface area contributed by atoms with Crippen molar-refractivity contribution in [1.29, 1.82) is 0 Å². The molecule has 0 N–H and O–H groups in total. The van der Waals surface area contributed by atoms with Crippen LogP contribution in [-0.2, 0) is 51.2 Å². The van der Waals surface area contributed by atoms with E-state index in [1.54, 1.807) is 62.1 Å². The summed E-state index contributed by atoms with van der Waals surface area (Å²) in [5.41, 5.74) is 8.56. The SMILES string of the molecule is CC(C)=C(C)[Si](C)(C)C1CCCC1.C[Si](C)(C)C1CCCC1.C[Si](C)(C1CCCC1)C1CCCC1.C[Si](C)(C1CCCC1)C1CCCC1.[CH3-].[CH3-].[CH3-].[CH3-].[CH3-].[CH3-].[Fe+2].[Fe+2].[Fe+2]. The molecule has 6 saturated carbocycles. The molecule has 0 nitrogen and oxygen atoms in total. The van der Waals surface area contributed by atoms with Gasteiger partial charge in [-0.3, -0.25) is 0 Å². The quantitative estimate of drug-likeness (QED) is 0.176. The molecule has 0 aromatic rings. The number of allylic oxidation sites excluding steroid dienone is 2. The van der Waals surface area contributed by atoms with E-state index in [-0.39, 0.29) is 95.8 Å². The van der Waals surface area contributed by atoms with Crippen LogP contribution in [0.15, 0.2) is 10.8 Å². The van der Waals surface area contributed by atoms with Gasteiger partial charge in [-0.2, -0.15) is 0 Å². The zero-order chi connectivity index (χ0) is 35.6. The van der Waals surface area contributed by atoms with Gasteiger partial charge in [-0.05, 0) is 54.0 Å². The molecule has 348 valence electrons. The fraction of sp³-hybridized carbons (Fsp3) is 0.840. The molecule has 0 unspecified atom stereocenters. The summed E-state index contributed by atoms with van der Waals surface area (Å²) in [6.07, 6.45) is 37.0. The molecule has 0 radical (unpaired) electrons. The van der Waals surface area contributed by atoms with Crippen LogP contribution in [0.1, 0.15) is 175 Å². The minimum absolute atomic E-state index is 0. The first kappa shape index (κ1) is 73.6. The predicted octanol–water partition coefficient (Wildman–Crippen LogP) is 19.7. The summed E-state index contributed by atoms with van der Waals surface area (Å²) in [5, 5.41) is 1.75. The van der Waals surface area contributed by atoms with Gasteiger partial charge in [0.25, 0.3) is 0 Å². The molecule has 0 amide bonds. The molecule has 0 atom stereocenters. The van der Waals surface area contributed by atoms with Gasteiger partial charge in [0, 0.05) is 8.07 Å². The number of hydrogen-bond acceptors (Lipinski definition) is 0. The first-order valence-electron chi connectivity index (χ1n) is 22.1. The van der Waals surface area contributed by atoms with Crippen LogP contribution in [0.5, 0.6) is 0 Å². The molecule has 57 heavy (non-hydrogen) atoms. The molecule has 0 saturated heterocycles. The second kappa shape index (κ2) is 34.6.